The Balaban J connectivity index is 1.42. The van der Waals surface area contributed by atoms with Crippen LogP contribution in [0.3, 0.4) is 0 Å². The average Bonchev–Trinajstić information content (AvgIpc) is 3.51. The zero-order valence-corrected chi connectivity index (χ0v) is 21.9. The fraction of sp³-hybridized carbons (Fsp3) is 0.154. The molecule has 0 bridgehead atoms. The molecule has 0 aliphatic heterocycles. The molecule has 0 amide bonds. The minimum Gasteiger partial charge on any atom is -0.481 e. The molecule has 7 nitrogen and oxygen atoms in total. The summed E-state index contributed by atoms with van der Waals surface area (Å²) in [6, 6.07) is 15.5. The lowest BCUT2D eigenvalue weighted by molar-refractivity contribution is -0.146. The summed E-state index contributed by atoms with van der Waals surface area (Å²) in [6.45, 7) is 3.39. The summed E-state index contributed by atoms with van der Waals surface area (Å²) < 4.78 is 7.34. The number of rotatable bonds is 9. The minimum atomic E-state index is -0.898. The first-order valence-corrected chi connectivity index (χ1v) is 13.6. The Labute approximate surface area is 220 Å². The maximum atomic E-state index is 11.5. The van der Waals surface area contributed by atoms with Gasteiger partial charge in [0, 0.05) is 40.1 Å². The van der Waals surface area contributed by atoms with Crippen molar-refractivity contribution in [2.75, 3.05) is 5.32 Å². The Morgan fingerprint density at radius 1 is 1.14 bits per heavy atom. The quantitative estimate of drug-likeness (QED) is 0.201. The van der Waals surface area contributed by atoms with Crippen LogP contribution in [-0.4, -0.2) is 26.0 Å². The summed E-state index contributed by atoms with van der Waals surface area (Å²) in [4.78, 5) is 27.2. The zero-order valence-electron chi connectivity index (χ0n) is 19.5. The molecule has 0 aliphatic rings. The standard InChI is InChI=1S/C26H22N4O3S3/c1-26(2,24(31)32)13-16-15-35-25(29-16)30-23-20(33-17-6-4-3-5-7-17)12-18(14-28-23)36-21-8-10-27-19-9-11-34-22(19)21/h3-12,14-15H,13H2,1-2H3,(H,31,32)(H,28,29,30). The number of nitrogens with one attached hydrogen (secondary N) is 1. The topological polar surface area (TPSA) is 97.2 Å². The highest BCUT2D eigenvalue weighted by Gasteiger charge is 2.28. The molecule has 0 aliphatic carbocycles. The van der Waals surface area contributed by atoms with E-state index in [1.165, 1.54) is 11.3 Å². The summed E-state index contributed by atoms with van der Waals surface area (Å²) >= 11 is 4.67. The second kappa shape index (κ2) is 10.3. The summed E-state index contributed by atoms with van der Waals surface area (Å²) in [5, 5.41) is 17.2. The Hall–Kier alpha value is -3.47. The molecule has 0 spiro atoms. The van der Waals surface area contributed by atoms with Crippen molar-refractivity contribution >= 4 is 61.6 Å². The molecule has 182 valence electrons. The molecule has 4 heterocycles. The van der Waals surface area contributed by atoms with Crippen molar-refractivity contribution in [1.29, 1.82) is 0 Å². The third-order valence-electron chi connectivity index (χ3n) is 5.31. The van der Waals surface area contributed by atoms with Crippen LogP contribution in [0.4, 0.5) is 10.9 Å². The van der Waals surface area contributed by atoms with Crippen molar-refractivity contribution in [3.05, 3.63) is 77.4 Å². The lowest BCUT2D eigenvalue weighted by Gasteiger charge is -2.17. The fourth-order valence-electron chi connectivity index (χ4n) is 3.40. The van der Waals surface area contributed by atoms with Gasteiger partial charge in [0.25, 0.3) is 0 Å². The van der Waals surface area contributed by atoms with Gasteiger partial charge in [0.05, 0.1) is 21.3 Å². The molecule has 5 aromatic rings. The van der Waals surface area contributed by atoms with Crippen LogP contribution in [-0.2, 0) is 11.2 Å². The highest BCUT2D eigenvalue weighted by molar-refractivity contribution is 7.99. The van der Waals surface area contributed by atoms with E-state index >= 15 is 0 Å². The number of para-hydroxylation sites is 1. The van der Waals surface area contributed by atoms with Gasteiger partial charge in [-0.1, -0.05) is 30.0 Å². The van der Waals surface area contributed by atoms with E-state index in [1.54, 1.807) is 43.1 Å². The number of aliphatic carboxylic acids is 1. The molecule has 0 saturated heterocycles. The van der Waals surface area contributed by atoms with Crippen LogP contribution >= 0.6 is 34.4 Å². The van der Waals surface area contributed by atoms with Crippen molar-refractivity contribution in [2.45, 2.75) is 30.1 Å². The van der Waals surface area contributed by atoms with Gasteiger partial charge in [-0.25, -0.2) is 9.97 Å². The van der Waals surface area contributed by atoms with E-state index in [0.29, 0.717) is 34.6 Å². The maximum absolute atomic E-state index is 11.5. The van der Waals surface area contributed by atoms with Gasteiger partial charge in [0.1, 0.15) is 5.75 Å². The van der Waals surface area contributed by atoms with Crippen LogP contribution in [0, 0.1) is 5.41 Å². The summed E-state index contributed by atoms with van der Waals surface area (Å²) in [7, 11) is 0. The number of carboxylic acid groups (broad SMARTS) is 1. The number of fused-ring (bicyclic) bond motifs is 1. The van der Waals surface area contributed by atoms with E-state index in [4.69, 9.17) is 4.74 Å². The molecular weight excluding hydrogens is 513 g/mol. The number of ether oxygens (including phenoxy) is 1. The SMILES string of the molecule is CC(C)(Cc1csc(Nc2ncc(Sc3ccnc4ccsc34)cc2Oc2ccccc2)n1)C(=O)O. The molecule has 0 radical (unpaired) electrons. The Bertz CT molecular complexity index is 1520. The first-order chi connectivity index (χ1) is 17.4. The molecule has 0 saturated carbocycles. The van der Waals surface area contributed by atoms with Crippen LogP contribution in [0.1, 0.15) is 19.5 Å². The van der Waals surface area contributed by atoms with E-state index in [1.807, 2.05) is 65.5 Å². The van der Waals surface area contributed by atoms with Crippen molar-refractivity contribution < 1.29 is 14.6 Å². The number of hydrogen-bond acceptors (Lipinski definition) is 9. The number of thiophene rings is 1. The molecule has 1 aromatic carbocycles. The number of aromatic nitrogens is 3. The van der Waals surface area contributed by atoms with Gasteiger partial charge in [-0.3, -0.25) is 9.78 Å². The Morgan fingerprint density at radius 2 is 1.97 bits per heavy atom. The summed E-state index contributed by atoms with van der Waals surface area (Å²) in [5.74, 6) is 0.923. The second-order valence-electron chi connectivity index (χ2n) is 8.61. The molecule has 2 N–H and O–H groups in total. The van der Waals surface area contributed by atoms with Crippen LogP contribution in [0.5, 0.6) is 11.5 Å². The van der Waals surface area contributed by atoms with Gasteiger partial charge in [0.2, 0.25) is 0 Å². The molecular formula is C26H22N4O3S3. The van der Waals surface area contributed by atoms with Crippen LogP contribution < -0.4 is 10.1 Å². The Kier molecular flexibility index (Phi) is 6.90. The number of anilines is 2. The van der Waals surface area contributed by atoms with E-state index in [-0.39, 0.29) is 0 Å². The van der Waals surface area contributed by atoms with Gasteiger partial charge in [-0.15, -0.1) is 22.7 Å². The average molecular weight is 535 g/mol. The van der Waals surface area contributed by atoms with Crippen molar-refractivity contribution in [2.24, 2.45) is 5.41 Å². The van der Waals surface area contributed by atoms with Gasteiger partial charge < -0.3 is 15.2 Å². The van der Waals surface area contributed by atoms with Gasteiger partial charge in [-0.2, -0.15) is 0 Å². The third-order valence-corrected chi connectivity index (χ3v) is 8.21. The summed E-state index contributed by atoms with van der Waals surface area (Å²) in [5.41, 5.74) is 0.790. The number of hydrogen-bond donors (Lipinski definition) is 2. The zero-order chi connectivity index (χ0) is 25.1. The molecule has 5 rings (SSSR count). The van der Waals surface area contributed by atoms with E-state index < -0.39 is 11.4 Å². The van der Waals surface area contributed by atoms with Crippen LogP contribution in [0.25, 0.3) is 10.2 Å². The van der Waals surface area contributed by atoms with Gasteiger partial charge in [0.15, 0.2) is 16.7 Å². The van der Waals surface area contributed by atoms with Crippen molar-refractivity contribution in [3.63, 3.8) is 0 Å². The van der Waals surface area contributed by atoms with Gasteiger partial charge in [-0.05, 0) is 43.5 Å². The fourth-order valence-corrected chi connectivity index (χ4v) is 5.99. The normalized spacial score (nSPS) is 11.5. The molecule has 4 aromatic heterocycles. The third kappa shape index (κ3) is 5.51. The van der Waals surface area contributed by atoms with E-state index in [9.17, 15) is 9.90 Å². The van der Waals surface area contributed by atoms with Gasteiger partial charge >= 0.3 is 5.97 Å². The van der Waals surface area contributed by atoms with E-state index in [0.717, 1.165) is 20.0 Å². The number of carboxylic acids is 1. The second-order valence-corrected chi connectivity index (χ2v) is 11.5. The number of benzene rings is 1. The number of carbonyl (C=O) groups is 1. The first-order valence-electron chi connectivity index (χ1n) is 11.1. The maximum Gasteiger partial charge on any atom is 0.309 e. The number of nitrogens with zero attached hydrogens (tertiary/aromatic N) is 3. The predicted molar refractivity (Wildman–Crippen MR) is 145 cm³/mol. The largest absolute Gasteiger partial charge is 0.481 e. The first kappa shape index (κ1) is 24.2. The minimum absolute atomic E-state index is 0.333. The van der Waals surface area contributed by atoms with Crippen LogP contribution in [0.2, 0.25) is 0 Å². The summed E-state index contributed by atoms with van der Waals surface area (Å²) in [6.07, 6.45) is 3.95. The van der Waals surface area contributed by atoms with Crippen molar-refractivity contribution in [3.8, 4) is 11.5 Å². The monoisotopic (exact) mass is 534 g/mol. The molecule has 10 heteroatoms. The number of thiazole rings is 1. The highest BCUT2D eigenvalue weighted by Crippen LogP contribution is 2.39. The van der Waals surface area contributed by atoms with E-state index in [2.05, 4.69) is 20.3 Å². The predicted octanol–water partition coefficient (Wildman–Crippen LogP) is 7.49. The highest BCUT2D eigenvalue weighted by atomic mass is 32.2. The van der Waals surface area contributed by atoms with Crippen molar-refractivity contribution in [1.82, 2.24) is 15.0 Å². The lowest BCUT2D eigenvalue weighted by Crippen LogP contribution is -2.26. The molecule has 0 unspecified atom stereocenters. The Morgan fingerprint density at radius 3 is 2.78 bits per heavy atom. The van der Waals surface area contributed by atoms with Crippen LogP contribution in [0.15, 0.2) is 81.5 Å². The molecule has 0 atom stereocenters. The molecule has 0 fully saturated rings. The lowest BCUT2D eigenvalue weighted by atomic mass is 9.88. The smallest absolute Gasteiger partial charge is 0.309 e. The number of pyridine rings is 2. The molecule has 36 heavy (non-hydrogen) atoms.